The molecular weight excluding hydrogens is 164 g/mol. The van der Waals surface area contributed by atoms with Gasteiger partial charge in [0.1, 0.15) is 5.10 Å². The molecule has 1 aromatic carbocycles. The van der Waals surface area contributed by atoms with Gasteiger partial charge in [0.05, 0.1) is 5.56 Å². The van der Waals surface area contributed by atoms with E-state index < -0.39 is 0 Å². The molecule has 13 heavy (non-hydrogen) atoms. The maximum Gasteiger partial charge on any atom is 0.329 e. The number of tetrazole rings is 1. The van der Waals surface area contributed by atoms with Crippen LogP contribution in [-0.4, -0.2) is 15.5 Å². The zero-order valence-corrected chi connectivity index (χ0v) is 7.41. The van der Waals surface area contributed by atoms with Gasteiger partial charge in [0.15, 0.2) is 5.21 Å². The highest BCUT2D eigenvalue weighted by Crippen LogP contribution is 2.12. The first kappa shape index (κ1) is 7.91. The van der Waals surface area contributed by atoms with Crippen LogP contribution in [0.15, 0.2) is 24.3 Å². The molecule has 0 fully saturated rings. The Hall–Kier alpha value is -1.71. The summed E-state index contributed by atoms with van der Waals surface area (Å²) in [5, 5.41) is 12.9. The fourth-order valence-corrected chi connectivity index (χ4v) is 1.21. The second-order valence-electron chi connectivity index (χ2n) is 2.84. The number of nitrogens with one attached hydrogen (secondary N) is 2. The van der Waals surface area contributed by atoms with Crippen LogP contribution in [0.5, 0.6) is 0 Å². The van der Waals surface area contributed by atoms with Crippen molar-refractivity contribution in [2.24, 2.45) is 0 Å². The lowest BCUT2D eigenvalue weighted by atomic mass is 10.1. The predicted molar refractivity (Wildman–Crippen MR) is 47.8 cm³/mol. The fourth-order valence-electron chi connectivity index (χ4n) is 1.21. The lowest BCUT2D eigenvalue weighted by Gasteiger charge is -1.94. The number of benzene rings is 1. The van der Waals surface area contributed by atoms with Crippen LogP contribution in [0.2, 0.25) is 0 Å². The van der Waals surface area contributed by atoms with Gasteiger partial charge in [-0.15, -0.1) is 0 Å². The van der Waals surface area contributed by atoms with Gasteiger partial charge in [0, 0.05) is 0 Å². The Balaban J connectivity index is 2.33. The molecule has 0 bridgehead atoms. The smallest absolute Gasteiger partial charge is 0.172 e. The summed E-state index contributed by atoms with van der Waals surface area (Å²) in [5.74, 6) is 0.766. The van der Waals surface area contributed by atoms with Crippen molar-refractivity contribution in [2.45, 2.75) is 13.3 Å². The first-order chi connectivity index (χ1) is 6.40. The van der Waals surface area contributed by atoms with Crippen molar-refractivity contribution in [1.82, 2.24) is 15.5 Å². The number of H-pyrrole nitrogens is 2. The van der Waals surface area contributed by atoms with Crippen LogP contribution in [0.4, 0.5) is 0 Å². The van der Waals surface area contributed by atoms with Crippen molar-refractivity contribution in [1.29, 1.82) is 0 Å². The number of aryl methyl sites for hydroxylation is 1. The lowest BCUT2D eigenvalue weighted by molar-refractivity contribution is -0.444. The molecule has 2 rings (SSSR count). The standard InChI is InChI=1S/C9H10N4/c1-2-7-3-5-8(6-4-7)9-10-12-13-11-9/h3-6H,2H2,1H3,(H,10,11,12,13)/p+1. The van der Waals surface area contributed by atoms with Gasteiger partial charge in [-0.25, -0.2) is 0 Å². The number of aromatic nitrogens is 4. The third-order valence-electron chi connectivity index (χ3n) is 2.01. The summed E-state index contributed by atoms with van der Waals surface area (Å²) in [6, 6.07) is 8.26. The third kappa shape index (κ3) is 1.56. The highest BCUT2D eigenvalue weighted by molar-refractivity contribution is 5.51. The van der Waals surface area contributed by atoms with E-state index in [1.807, 2.05) is 12.1 Å². The third-order valence-corrected chi connectivity index (χ3v) is 2.01. The summed E-state index contributed by atoms with van der Waals surface area (Å²) < 4.78 is 0. The van der Waals surface area contributed by atoms with E-state index in [1.54, 1.807) is 0 Å². The first-order valence-electron chi connectivity index (χ1n) is 4.28. The average molecular weight is 175 g/mol. The SMILES string of the molecule is CCc1ccc(-c2nn[nH][nH+]2)cc1. The van der Waals surface area contributed by atoms with E-state index in [4.69, 9.17) is 0 Å². The van der Waals surface area contributed by atoms with Crippen molar-refractivity contribution < 1.29 is 5.10 Å². The van der Waals surface area contributed by atoms with Gasteiger partial charge in [0.2, 0.25) is 0 Å². The maximum absolute atomic E-state index is 3.88. The quantitative estimate of drug-likeness (QED) is 0.735. The molecule has 2 aromatic rings. The van der Waals surface area contributed by atoms with Crippen LogP contribution in [0.3, 0.4) is 0 Å². The van der Waals surface area contributed by atoms with Crippen LogP contribution in [0.25, 0.3) is 11.4 Å². The Morgan fingerprint density at radius 2 is 2.08 bits per heavy atom. The molecule has 0 aliphatic rings. The zero-order valence-electron chi connectivity index (χ0n) is 7.41. The van der Waals surface area contributed by atoms with Crippen molar-refractivity contribution in [2.75, 3.05) is 0 Å². The molecule has 0 radical (unpaired) electrons. The molecule has 1 heterocycles. The molecule has 0 unspecified atom stereocenters. The van der Waals surface area contributed by atoms with Crippen LogP contribution in [0.1, 0.15) is 12.5 Å². The van der Waals surface area contributed by atoms with Gasteiger partial charge < -0.3 is 0 Å². The summed E-state index contributed by atoms with van der Waals surface area (Å²) in [6.45, 7) is 2.14. The topological polar surface area (TPSA) is 55.7 Å². The Morgan fingerprint density at radius 3 is 2.62 bits per heavy atom. The van der Waals surface area contributed by atoms with Crippen LogP contribution < -0.4 is 5.10 Å². The van der Waals surface area contributed by atoms with Gasteiger partial charge in [-0.1, -0.05) is 24.3 Å². The number of hydrogen-bond donors (Lipinski definition) is 1. The van der Waals surface area contributed by atoms with Gasteiger partial charge >= 0.3 is 5.82 Å². The summed E-state index contributed by atoms with van der Waals surface area (Å²) in [6.07, 6.45) is 1.06. The normalized spacial score (nSPS) is 10.2. The maximum atomic E-state index is 3.88. The van der Waals surface area contributed by atoms with Gasteiger partial charge in [-0.05, 0) is 24.1 Å². The number of hydrogen-bond acceptors (Lipinski definition) is 2. The Bertz CT molecular complexity index is 363. The summed E-state index contributed by atoms with van der Waals surface area (Å²) in [7, 11) is 0. The molecule has 4 nitrogen and oxygen atoms in total. The fraction of sp³-hybridized carbons (Fsp3) is 0.222. The second-order valence-corrected chi connectivity index (χ2v) is 2.84. The highest BCUT2D eigenvalue weighted by Gasteiger charge is 2.07. The molecule has 0 amide bonds. The first-order valence-corrected chi connectivity index (χ1v) is 4.28. The second kappa shape index (κ2) is 3.35. The molecule has 0 saturated heterocycles. The molecule has 66 valence electrons. The Labute approximate surface area is 76.0 Å². The van der Waals surface area contributed by atoms with E-state index in [2.05, 4.69) is 39.7 Å². The van der Waals surface area contributed by atoms with Crippen molar-refractivity contribution in [3.05, 3.63) is 29.8 Å². The Kier molecular flexibility index (Phi) is 2.04. The van der Waals surface area contributed by atoms with Crippen LogP contribution in [0, 0.1) is 0 Å². The molecular formula is C9H11N4+. The summed E-state index contributed by atoms with van der Waals surface area (Å²) in [5.41, 5.74) is 2.37. The predicted octanol–water partition coefficient (Wildman–Crippen LogP) is 0.848. The minimum atomic E-state index is 0.766. The van der Waals surface area contributed by atoms with E-state index in [1.165, 1.54) is 5.56 Å². The van der Waals surface area contributed by atoms with E-state index in [9.17, 15) is 0 Å². The minimum absolute atomic E-state index is 0.766. The monoisotopic (exact) mass is 175 g/mol. The molecule has 0 atom stereocenters. The van der Waals surface area contributed by atoms with Gasteiger partial charge in [-0.3, -0.25) is 0 Å². The van der Waals surface area contributed by atoms with Crippen LogP contribution in [-0.2, 0) is 6.42 Å². The minimum Gasteiger partial charge on any atom is -0.172 e. The van der Waals surface area contributed by atoms with Gasteiger partial charge in [0.25, 0.3) is 0 Å². The van der Waals surface area contributed by atoms with Crippen molar-refractivity contribution in [3.63, 3.8) is 0 Å². The molecule has 0 saturated carbocycles. The molecule has 4 heteroatoms. The van der Waals surface area contributed by atoms with Crippen molar-refractivity contribution >= 4 is 0 Å². The summed E-state index contributed by atoms with van der Waals surface area (Å²) >= 11 is 0. The molecule has 0 spiro atoms. The van der Waals surface area contributed by atoms with E-state index in [-0.39, 0.29) is 0 Å². The summed E-state index contributed by atoms with van der Waals surface area (Å²) in [4.78, 5) is 0. The van der Waals surface area contributed by atoms with E-state index in [0.29, 0.717) is 0 Å². The van der Waals surface area contributed by atoms with Crippen LogP contribution >= 0.6 is 0 Å². The highest BCUT2D eigenvalue weighted by atomic mass is 15.5. The number of nitrogens with zero attached hydrogens (tertiary/aromatic N) is 2. The molecule has 1 aromatic heterocycles. The zero-order chi connectivity index (χ0) is 9.10. The van der Waals surface area contributed by atoms with E-state index in [0.717, 1.165) is 17.8 Å². The van der Waals surface area contributed by atoms with Crippen molar-refractivity contribution in [3.8, 4) is 11.4 Å². The number of rotatable bonds is 2. The molecule has 2 N–H and O–H groups in total. The average Bonchev–Trinajstić information content (AvgIpc) is 2.71. The van der Waals surface area contributed by atoms with E-state index >= 15 is 0 Å². The number of aromatic amines is 2. The Morgan fingerprint density at radius 1 is 1.31 bits per heavy atom. The molecule has 0 aliphatic carbocycles. The lowest BCUT2D eigenvalue weighted by Crippen LogP contribution is -2.05. The largest absolute Gasteiger partial charge is 0.329 e. The molecule has 0 aliphatic heterocycles. The van der Waals surface area contributed by atoms with Gasteiger partial charge in [-0.2, -0.15) is 5.10 Å².